The fraction of sp³-hybridized carbons (Fsp3) is 0.462. The van der Waals surface area contributed by atoms with Crippen LogP contribution in [0.25, 0.3) is 11.1 Å². The number of hydrogen-bond acceptors (Lipinski definition) is 4. The lowest BCUT2D eigenvalue weighted by atomic mass is 9.75. The Bertz CT molecular complexity index is 537. The molecular weight excluding hydrogens is 214 g/mol. The zero-order valence-electron chi connectivity index (χ0n) is 9.99. The Morgan fingerprint density at radius 2 is 2.29 bits per heavy atom. The van der Waals surface area contributed by atoms with Crippen molar-refractivity contribution in [2.45, 2.75) is 38.1 Å². The lowest BCUT2D eigenvalue weighted by molar-refractivity contribution is 0.263. The largest absolute Gasteiger partial charge is 0.424 e. The Labute approximate surface area is 100 Å². The van der Waals surface area contributed by atoms with Crippen molar-refractivity contribution in [3.05, 3.63) is 18.2 Å². The smallest absolute Gasteiger partial charge is 0.296 e. The summed E-state index contributed by atoms with van der Waals surface area (Å²) in [6, 6.07) is 6.15. The second-order valence-electron chi connectivity index (χ2n) is 4.86. The van der Waals surface area contributed by atoms with Crippen LogP contribution in [0.15, 0.2) is 22.6 Å². The zero-order chi connectivity index (χ0) is 11.9. The molecule has 1 aliphatic rings. The summed E-state index contributed by atoms with van der Waals surface area (Å²) in [7, 11) is 0. The van der Waals surface area contributed by atoms with Crippen LogP contribution < -0.4 is 11.1 Å². The summed E-state index contributed by atoms with van der Waals surface area (Å²) < 4.78 is 5.68. The van der Waals surface area contributed by atoms with E-state index in [0.29, 0.717) is 11.7 Å². The molecule has 1 saturated carbocycles. The van der Waals surface area contributed by atoms with E-state index in [1.807, 2.05) is 18.2 Å². The molecule has 2 aromatic rings. The highest BCUT2D eigenvalue weighted by atomic mass is 16.4. The van der Waals surface area contributed by atoms with Gasteiger partial charge in [0.2, 0.25) is 0 Å². The summed E-state index contributed by atoms with van der Waals surface area (Å²) in [5.74, 6) is 0. The maximum absolute atomic E-state index is 5.72. The van der Waals surface area contributed by atoms with Crippen molar-refractivity contribution in [3.63, 3.8) is 0 Å². The van der Waals surface area contributed by atoms with Crippen LogP contribution in [0.2, 0.25) is 0 Å². The highest BCUT2D eigenvalue weighted by molar-refractivity contribution is 5.78. The van der Waals surface area contributed by atoms with Crippen molar-refractivity contribution in [2.75, 3.05) is 11.1 Å². The Morgan fingerprint density at radius 1 is 1.47 bits per heavy atom. The molecule has 3 rings (SSSR count). The number of hydrogen-bond donors (Lipinski definition) is 2. The minimum absolute atomic E-state index is 0.201. The number of oxazole rings is 1. The number of nitrogen functional groups attached to an aromatic ring is 1. The number of rotatable bonds is 3. The van der Waals surface area contributed by atoms with Gasteiger partial charge in [-0.1, -0.05) is 6.92 Å². The van der Waals surface area contributed by atoms with E-state index in [9.17, 15) is 0 Å². The molecule has 4 nitrogen and oxygen atoms in total. The van der Waals surface area contributed by atoms with Crippen molar-refractivity contribution in [1.82, 2.24) is 4.98 Å². The minimum atomic E-state index is 0.201. The lowest BCUT2D eigenvalue weighted by Crippen LogP contribution is -2.44. The first-order valence-electron chi connectivity index (χ1n) is 6.15. The van der Waals surface area contributed by atoms with Gasteiger partial charge in [-0.3, -0.25) is 0 Å². The first-order valence-corrected chi connectivity index (χ1v) is 6.15. The molecule has 1 fully saturated rings. The van der Waals surface area contributed by atoms with E-state index in [1.165, 1.54) is 19.3 Å². The maximum Gasteiger partial charge on any atom is 0.296 e. The maximum atomic E-state index is 5.72. The van der Waals surface area contributed by atoms with Crippen molar-refractivity contribution in [3.8, 4) is 0 Å². The Morgan fingerprint density at radius 3 is 2.94 bits per heavy atom. The molecule has 90 valence electrons. The van der Waals surface area contributed by atoms with Crippen molar-refractivity contribution in [2.24, 2.45) is 0 Å². The number of anilines is 2. The Hall–Kier alpha value is -1.71. The second kappa shape index (κ2) is 3.65. The SMILES string of the molecule is CCC1(Nc2nc3cc(N)ccc3o2)CCC1. The molecule has 0 saturated heterocycles. The molecule has 1 heterocycles. The number of aromatic nitrogens is 1. The number of nitrogens with one attached hydrogen (secondary N) is 1. The molecule has 0 bridgehead atoms. The Balaban J connectivity index is 1.90. The van der Waals surface area contributed by atoms with Gasteiger partial charge in [-0.15, -0.1) is 0 Å². The van der Waals surface area contributed by atoms with Gasteiger partial charge in [-0.25, -0.2) is 0 Å². The summed E-state index contributed by atoms with van der Waals surface area (Å²) in [4.78, 5) is 4.43. The minimum Gasteiger partial charge on any atom is -0.424 e. The number of nitrogens with zero attached hydrogens (tertiary/aromatic N) is 1. The third kappa shape index (κ3) is 1.73. The van der Waals surface area contributed by atoms with Crippen LogP contribution in [0.1, 0.15) is 32.6 Å². The monoisotopic (exact) mass is 231 g/mol. The fourth-order valence-corrected chi connectivity index (χ4v) is 2.40. The van der Waals surface area contributed by atoms with Crippen LogP contribution in [-0.2, 0) is 0 Å². The van der Waals surface area contributed by atoms with E-state index in [1.54, 1.807) is 0 Å². The number of nitrogens with two attached hydrogens (primary N) is 1. The van der Waals surface area contributed by atoms with Crippen LogP contribution in [0.3, 0.4) is 0 Å². The van der Waals surface area contributed by atoms with Gasteiger partial charge in [0.05, 0.1) is 0 Å². The molecule has 1 aromatic carbocycles. The topological polar surface area (TPSA) is 64.1 Å². The predicted octanol–water partition coefficient (Wildman–Crippen LogP) is 3.15. The van der Waals surface area contributed by atoms with Crippen LogP contribution in [-0.4, -0.2) is 10.5 Å². The second-order valence-corrected chi connectivity index (χ2v) is 4.86. The van der Waals surface area contributed by atoms with Gasteiger partial charge >= 0.3 is 0 Å². The normalized spacial score (nSPS) is 17.9. The lowest BCUT2D eigenvalue weighted by Gasteiger charge is -2.41. The molecule has 0 aliphatic heterocycles. The summed E-state index contributed by atoms with van der Waals surface area (Å²) >= 11 is 0. The van der Waals surface area contributed by atoms with Gasteiger partial charge in [0.15, 0.2) is 5.58 Å². The van der Waals surface area contributed by atoms with Crippen LogP contribution in [0.4, 0.5) is 11.7 Å². The van der Waals surface area contributed by atoms with E-state index in [4.69, 9.17) is 10.2 Å². The summed E-state index contributed by atoms with van der Waals surface area (Å²) in [5, 5.41) is 3.43. The molecule has 0 atom stereocenters. The number of fused-ring (bicyclic) bond motifs is 1. The molecule has 0 unspecified atom stereocenters. The van der Waals surface area contributed by atoms with Gasteiger partial charge in [-0.2, -0.15) is 4.98 Å². The van der Waals surface area contributed by atoms with Crippen molar-refractivity contribution < 1.29 is 4.42 Å². The molecule has 0 spiro atoms. The standard InChI is InChI=1S/C13H17N3O/c1-2-13(6-3-7-13)16-12-15-10-8-9(14)4-5-11(10)17-12/h4-5,8H,2-3,6-7,14H2,1H3,(H,15,16). The first-order chi connectivity index (χ1) is 8.21. The quantitative estimate of drug-likeness (QED) is 0.796. The predicted molar refractivity (Wildman–Crippen MR) is 68.9 cm³/mol. The molecule has 17 heavy (non-hydrogen) atoms. The summed E-state index contributed by atoms with van der Waals surface area (Å²) in [6.45, 7) is 2.20. The highest BCUT2D eigenvalue weighted by Gasteiger charge is 2.36. The average Bonchev–Trinajstić information content (AvgIpc) is 2.65. The van der Waals surface area contributed by atoms with Crippen molar-refractivity contribution >= 4 is 22.8 Å². The molecule has 0 amide bonds. The van der Waals surface area contributed by atoms with Gasteiger partial charge in [0.1, 0.15) is 5.52 Å². The molecule has 3 N–H and O–H groups in total. The van der Waals surface area contributed by atoms with Gasteiger partial charge in [-0.05, 0) is 43.9 Å². The molecular formula is C13H17N3O. The highest BCUT2D eigenvalue weighted by Crippen LogP contribution is 2.38. The van der Waals surface area contributed by atoms with Gasteiger partial charge in [0.25, 0.3) is 6.01 Å². The summed E-state index contributed by atoms with van der Waals surface area (Å²) in [5.41, 5.74) is 8.24. The van der Waals surface area contributed by atoms with E-state index in [2.05, 4.69) is 17.2 Å². The third-order valence-electron chi connectivity index (χ3n) is 3.77. The Kier molecular flexibility index (Phi) is 2.24. The zero-order valence-corrected chi connectivity index (χ0v) is 9.99. The van der Waals surface area contributed by atoms with E-state index in [-0.39, 0.29) is 5.54 Å². The van der Waals surface area contributed by atoms with Crippen LogP contribution >= 0.6 is 0 Å². The van der Waals surface area contributed by atoms with E-state index in [0.717, 1.165) is 17.5 Å². The average molecular weight is 231 g/mol. The van der Waals surface area contributed by atoms with Crippen molar-refractivity contribution in [1.29, 1.82) is 0 Å². The number of benzene rings is 1. The van der Waals surface area contributed by atoms with Crippen LogP contribution in [0.5, 0.6) is 0 Å². The third-order valence-corrected chi connectivity index (χ3v) is 3.77. The van der Waals surface area contributed by atoms with Gasteiger partial charge < -0.3 is 15.5 Å². The molecule has 4 heteroatoms. The van der Waals surface area contributed by atoms with E-state index >= 15 is 0 Å². The fourth-order valence-electron chi connectivity index (χ4n) is 2.40. The first kappa shape index (κ1) is 10.4. The molecule has 0 radical (unpaired) electrons. The molecule has 1 aliphatic carbocycles. The van der Waals surface area contributed by atoms with E-state index < -0.39 is 0 Å². The molecule has 1 aromatic heterocycles. The van der Waals surface area contributed by atoms with Crippen LogP contribution in [0, 0.1) is 0 Å². The summed E-state index contributed by atoms with van der Waals surface area (Å²) in [6.07, 6.45) is 4.79. The van der Waals surface area contributed by atoms with Gasteiger partial charge in [0, 0.05) is 11.2 Å².